The van der Waals surface area contributed by atoms with E-state index in [0.717, 1.165) is 31.7 Å². The molecule has 1 unspecified atom stereocenters. The van der Waals surface area contributed by atoms with E-state index >= 15 is 0 Å². The summed E-state index contributed by atoms with van der Waals surface area (Å²) >= 11 is 1.92. The first-order valence-electron chi connectivity index (χ1n) is 6.75. The molecule has 0 aliphatic carbocycles. The van der Waals surface area contributed by atoms with Gasteiger partial charge in [-0.3, -0.25) is 4.68 Å². The van der Waals surface area contributed by atoms with Crippen molar-refractivity contribution in [2.45, 2.75) is 36.5 Å². The predicted octanol–water partition coefficient (Wildman–Crippen LogP) is 3.39. The lowest BCUT2D eigenvalue weighted by molar-refractivity contribution is 0.317. The van der Waals surface area contributed by atoms with Crippen LogP contribution in [-0.2, 0) is 13.0 Å². The second-order valence-corrected chi connectivity index (χ2v) is 6.14. The van der Waals surface area contributed by atoms with Crippen LogP contribution in [0.4, 0.5) is 0 Å². The molecule has 19 heavy (non-hydrogen) atoms. The largest absolute Gasteiger partial charge is 0.489 e. The van der Waals surface area contributed by atoms with E-state index < -0.39 is 0 Å². The van der Waals surface area contributed by atoms with Crippen LogP contribution >= 0.6 is 11.8 Å². The average molecular weight is 274 g/mol. The Balaban J connectivity index is 1.53. The van der Waals surface area contributed by atoms with Crippen molar-refractivity contribution in [1.29, 1.82) is 0 Å². The van der Waals surface area contributed by atoms with Crippen molar-refractivity contribution < 1.29 is 4.74 Å². The van der Waals surface area contributed by atoms with Crippen molar-refractivity contribution in [3.63, 3.8) is 0 Å². The van der Waals surface area contributed by atoms with Gasteiger partial charge in [0, 0.05) is 16.7 Å². The molecule has 0 bridgehead atoms. The van der Waals surface area contributed by atoms with Crippen molar-refractivity contribution in [3.8, 4) is 5.75 Å². The Morgan fingerprint density at radius 1 is 1.42 bits per heavy atom. The summed E-state index contributed by atoms with van der Waals surface area (Å²) in [6.07, 6.45) is 5.98. The van der Waals surface area contributed by atoms with Gasteiger partial charge in [0.2, 0.25) is 0 Å². The van der Waals surface area contributed by atoms with E-state index in [2.05, 4.69) is 36.3 Å². The molecule has 0 amide bonds. The molecule has 4 heteroatoms. The number of benzene rings is 1. The van der Waals surface area contributed by atoms with Crippen molar-refractivity contribution >= 4 is 11.8 Å². The molecular formula is C15H18N2OS. The summed E-state index contributed by atoms with van der Waals surface area (Å²) < 4.78 is 7.78. The summed E-state index contributed by atoms with van der Waals surface area (Å²) in [7, 11) is 0. The number of ether oxygens (including phenoxy) is 1. The van der Waals surface area contributed by atoms with Gasteiger partial charge in [0.1, 0.15) is 6.61 Å². The topological polar surface area (TPSA) is 27.1 Å². The molecule has 0 spiro atoms. The molecule has 1 aliphatic heterocycles. The Bertz CT molecular complexity index is 528. The van der Waals surface area contributed by atoms with Crippen LogP contribution in [0, 0.1) is 0 Å². The molecule has 0 saturated carbocycles. The third kappa shape index (κ3) is 2.95. The fourth-order valence-electron chi connectivity index (χ4n) is 2.31. The maximum Gasteiger partial charge on any atom is 0.157 e. The van der Waals surface area contributed by atoms with Gasteiger partial charge in [-0.15, -0.1) is 11.8 Å². The van der Waals surface area contributed by atoms with Crippen LogP contribution in [0.15, 0.2) is 41.6 Å². The van der Waals surface area contributed by atoms with Gasteiger partial charge in [-0.05, 0) is 24.5 Å². The normalized spacial score (nSPS) is 17.4. The van der Waals surface area contributed by atoms with Crippen LogP contribution in [0.5, 0.6) is 5.75 Å². The average Bonchev–Trinajstić information content (AvgIpc) is 3.02. The standard InChI is InChI=1S/C15H18N2OS/c1-2-7-17-10-13(9-16-17)18-11-14-8-12-5-3-4-6-15(12)19-14/h3-6,9-10,14H,2,7-8,11H2,1H3. The summed E-state index contributed by atoms with van der Waals surface area (Å²) in [5.74, 6) is 0.880. The number of rotatable bonds is 5. The molecule has 0 N–H and O–H groups in total. The van der Waals surface area contributed by atoms with Gasteiger partial charge in [-0.2, -0.15) is 5.10 Å². The second kappa shape index (κ2) is 5.70. The molecule has 2 heterocycles. The van der Waals surface area contributed by atoms with Crippen molar-refractivity contribution in [2.75, 3.05) is 6.61 Å². The zero-order valence-corrected chi connectivity index (χ0v) is 11.9. The lowest BCUT2D eigenvalue weighted by Gasteiger charge is -2.08. The van der Waals surface area contributed by atoms with E-state index in [-0.39, 0.29) is 0 Å². The fourth-order valence-corrected chi connectivity index (χ4v) is 3.52. The minimum Gasteiger partial charge on any atom is -0.489 e. The van der Waals surface area contributed by atoms with Crippen molar-refractivity contribution in [3.05, 3.63) is 42.2 Å². The number of aryl methyl sites for hydroxylation is 1. The summed E-state index contributed by atoms with van der Waals surface area (Å²) in [4.78, 5) is 1.40. The molecule has 1 aliphatic rings. The molecule has 0 fully saturated rings. The predicted molar refractivity (Wildman–Crippen MR) is 77.8 cm³/mol. The Kier molecular flexibility index (Phi) is 3.78. The molecule has 3 rings (SSSR count). The number of hydrogen-bond acceptors (Lipinski definition) is 3. The third-order valence-electron chi connectivity index (χ3n) is 3.21. The Morgan fingerprint density at radius 3 is 3.16 bits per heavy atom. The zero-order valence-electron chi connectivity index (χ0n) is 11.1. The molecule has 1 aromatic heterocycles. The summed E-state index contributed by atoms with van der Waals surface area (Å²) in [5.41, 5.74) is 1.45. The minimum atomic E-state index is 0.520. The summed E-state index contributed by atoms with van der Waals surface area (Å²) in [6.45, 7) is 3.85. The lowest BCUT2D eigenvalue weighted by atomic mass is 10.1. The highest BCUT2D eigenvalue weighted by Gasteiger charge is 2.22. The SMILES string of the molecule is CCCn1cc(OCC2Cc3ccccc3S2)cn1. The van der Waals surface area contributed by atoms with Crippen LogP contribution in [0.25, 0.3) is 0 Å². The first kappa shape index (κ1) is 12.6. The number of aromatic nitrogens is 2. The van der Waals surface area contributed by atoms with Gasteiger partial charge in [0.15, 0.2) is 5.75 Å². The van der Waals surface area contributed by atoms with Crippen LogP contribution in [0.1, 0.15) is 18.9 Å². The highest BCUT2D eigenvalue weighted by Crippen LogP contribution is 2.36. The second-order valence-electron chi connectivity index (χ2n) is 4.80. The fraction of sp³-hybridized carbons (Fsp3) is 0.400. The molecule has 0 saturated heterocycles. The molecule has 1 atom stereocenters. The van der Waals surface area contributed by atoms with Crippen LogP contribution in [0.2, 0.25) is 0 Å². The van der Waals surface area contributed by atoms with Gasteiger partial charge >= 0.3 is 0 Å². The van der Waals surface area contributed by atoms with Crippen LogP contribution in [0.3, 0.4) is 0 Å². The Morgan fingerprint density at radius 2 is 2.32 bits per heavy atom. The zero-order chi connectivity index (χ0) is 13.1. The molecule has 2 aromatic rings. The van der Waals surface area contributed by atoms with E-state index in [1.807, 2.05) is 28.8 Å². The highest BCUT2D eigenvalue weighted by atomic mass is 32.2. The van der Waals surface area contributed by atoms with E-state index in [9.17, 15) is 0 Å². The van der Waals surface area contributed by atoms with Gasteiger partial charge in [-0.1, -0.05) is 25.1 Å². The van der Waals surface area contributed by atoms with Gasteiger partial charge < -0.3 is 4.74 Å². The van der Waals surface area contributed by atoms with Crippen molar-refractivity contribution in [1.82, 2.24) is 9.78 Å². The highest BCUT2D eigenvalue weighted by molar-refractivity contribution is 8.00. The van der Waals surface area contributed by atoms with E-state index in [4.69, 9.17) is 4.74 Å². The van der Waals surface area contributed by atoms with Gasteiger partial charge in [0.25, 0.3) is 0 Å². The number of hydrogen-bond donors (Lipinski definition) is 0. The number of thioether (sulfide) groups is 1. The first-order valence-corrected chi connectivity index (χ1v) is 7.63. The van der Waals surface area contributed by atoms with Crippen LogP contribution < -0.4 is 4.74 Å². The summed E-state index contributed by atoms with van der Waals surface area (Å²) in [6, 6.07) is 8.61. The maximum atomic E-state index is 5.84. The quantitative estimate of drug-likeness (QED) is 0.836. The molecule has 0 radical (unpaired) electrons. The van der Waals surface area contributed by atoms with E-state index in [1.54, 1.807) is 0 Å². The number of fused-ring (bicyclic) bond motifs is 1. The monoisotopic (exact) mass is 274 g/mol. The molecular weight excluding hydrogens is 256 g/mol. The lowest BCUT2D eigenvalue weighted by Crippen LogP contribution is -2.13. The molecule has 3 nitrogen and oxygen atoms in total. The molecule has 1 aromatic carbocycles. The molecule has 100 valence electrons. The van der Waals surface area contributed by atoms with E-state index in [0.29, 0.717) is 5.25 Å². The first-order chi connectivity index (χ1) is 9.35. The van der Waals surface area contributed by atoms with Crippen LogP contribution in [-0.4, -0.2) is 21.6 Å². The van der Waals surface area contributed by atoms with Crippen molar-refractivity contribution in [2.24, 2.45) is 0 Å². The van der Waals surface area contributed by atoms with Gasteiger partial charge in [-0.25, -0.2) is 0 Å². The summed E-state index contributed by atoms with van der Waals surface area (Å²) in [5, 5.41) is 4.80. The maximum absolute atomic E-state index is 5.84. The van der Waals surface area contributed by atoms with Gasteiger partial charge in [0.05, 0.1) is 12.4 Å². The Hall–Kier alpha value is -1.42. The third-order valence-corrected chi connectivity index (χ3v) is 4.50. The number of nitrogens with zero attached hydrogens (tertiary/aromatic N) is 2. The Labute approximate surface area is 118 Å². The minimum absolute atomic E-state index is 0.520. The smallest absolute Gasteiger partial charge is 0.157 e. The van der Waals surface area contributed by atoms with E-state index in [1.165, 1.54) is 10.5 Å².